The second-order valence-corrected chi connectivity index (χ2v) is 5.63. The summed E-state index contributed by atoms with van der Waals surface area (Å²) in [6, 6.07) is 6.87. The molecule has 2 N–H and O–H groups in total. The molecular formula is C16H22N2O4. The number of aliphatic hydroxyl groups is 1. The number of methoxy groups -OCH3 is 1. The molecule has 0 aliphatic carbocycles. The molecule has 0 unspecified atom stereocenters. The van der Waals surface area contributed by atoms with Gasteiger partial charge < -0.3 is 20.1 Å². The molecule has 1 aliphatic heterocycles. The molecule has 1 fully saturated rings. The molecule has 2 rings (SSSR count). The number of hydrogen-bond acceptors (Lipinski definition) is 5. The average Bonchev–Trinajstić information content (AvgIpc) is 2.54. The Labute approximate surface area is 130 Å². The van der Waals surface area contributed by atoms with Crippen LogP contribution in [0.25, 0.3) is 0 Å². The maximum atomic E-state index is 12.2. The van der Waals surface area contributed by atoms with Gasteiger partial charge in [-0.15, -0.1) is 0 Å². The van der Waals surface area contributed by atoms with Crippen LogP contribution in [0.1, 0.15) is 22.3 Å². The van der Waals surface area contributed by atoms with Gasteiger partial charge in [-0.1, -0.05) is 12.1 Å². The molecule has 1 saturated heterocycles. The number of likely N-dealkylation sites (tertiary alicyclic amines) is 1. The van der Waals surface area contributed by atoms with E-state index in [0.29, 0.717) is 25.1 Å². The standard InChI is InChI=1S/C16H22N2O4/c1-18-8-7-14(19)13(10-18)15(20)17-9-11-3-5-12(6-4-11)16(21)22-2/h3-6,13-14,19H,7-10H2,1-2H3,(H,17,20)/t13-,14-/m1/s1. The van der Waals surface area contributed by atoms with Crippen LogP contribution in [-0.2, 0) is 16.1 Å². The summed E-state index contributed by atoms with van der Waals surface area (Å²) >= 11 is 0. The number of esters is 1. The number of ether oxygens (including phenoxy) is 1. The first-order valence-corrected chi connectivity index (χ1v) is 7.33. The average molecular weight is 306 g/mol. The van der Waals surface area contributed by atoms with Crippen molar-refractivity contribution in [2.75, 3.05) is 27.2 Å². The summed E-state index contributed by atoms with van der Waals surface area (Å²) in [6.07, 6.45) is 0.0282. The Morgan fingerprint density at radius 3 is 2.68 bits per heavy atom. The van der Waals surface area contributed by atoms with E-state index in [4.69, 9.17) is 0 Å². The van der Waals surface area contributed by atoms with Gasteiger partial charge in [0.1, 0.15) is 0 Å². The fourth-order valence-electron chi connectivity index (χ4n) is 2.56. The van der Waals surface area contributed by atoms with Gasteiger partial charge in [0.05, 0.1) is 24.7 Å². The van der Waals surface area contributed by atoms with Gasteiger partial charge in [0.15, 0.2) is 0 Å². The molecule has 1 aromatic rings. The number of benzene rings is 1. The molecule has 2 atom stereocenters. The smallest absolute Gasteiger partial charge is 0.337 e. The van der Waals surface area contributed by atoms with Gasteiger partial charge in [0.25, 0.3) is 0 Å². The van der Waals surface area contributed by atoms with E-state index >= 15 is 0 Å². The number of nitrogens with zero attached hydrogens (tertiary/aromatic N) is 1. The lowest BCUT2D eigenvalue weighted by Gasteiger charge is -2.32. The first kappa shape index (κ1) is 16.5. The Hall–Kier alpha value is -1.92. The van der Waals surface area contributed by atoms with Crippen LogP contribution >= 0.6 is 0 Å². The van der Waals surface area contributed by atoms with E-state index in [-0.39, 0.29) is 11.9 Å². The summed E-state index contributed by atoms with van der Waals surface area (Å²) in [5.41, 5.74) is 1.36. The largest absolute Gasteiger partial charge is 0.465 e. The number of hydrogen-bond donors (Lipinski definition) is 2. The molecule has 0 saturated carbocycles. The maximum absolute atomic E-state index is 12.2. The molecule has 1 heterocycles. The van der Waals surface area contributed by atoms with Gasteiger partial charge in [0.2, 0.25) is 5.91 Å². The second kappa shape index (κ2) is 7.38. The van der Waals surface area contributed by atoms with Crippen LogP contribution in [0.2, 0.25) is 0 Å². The van der Waals surface area contributed by atoms with Crippen molar-refractivity contribution in [3.63, 3.8) is 0 Å². The Bertz CT molecular complexity index is 529. The van der Waals surface area contributed by atoms with Crippen molar-refractivity contribution in [2.24, 2.45) is 5.92 Å². The number of rotatable bonds is 4. The van der Waals surface area contributed by atoms with Crippen molar-refractivity contribution in [2.45, 2.75) is 19.1 Å². The van der Waals surface area contributed by atoms with Crippen molar-refractivity contribution in [1.82, 2.24) is 10.2 Å². The minimum atomic E-state index is -0.585. The molecule has 1 aromatic carbocycles. The summed E-state index contributed by atoms with van der Waals surface area (Å²) < 4.78 is 4.63. The van der Waals surface area contributed by atoms with Crippen LogP contribution in [0.4, 0.5) is 0 Å². The zero-order valence-corrected chi connectivity index (χ0v) is 12.9. The number of aliphatic hydroxyl groups excluding tert-OH is 1. The zero-order chi connectivity index (χ0) is 16.1. The first-order valence-electron chi connectivity index (χ1n) is 7.33. The topological polar surface area (TPSA) is 78.9 Å². The lowest BCUT2D eigenvalue weighted by molar-refractivity contribution is -0.131. The van der Waals surface area contributed by atoms with E-state index in [0.717, 1.165) is 12.1 Å². The fraction of sp³-hybridized carbons (Fsp3) is 0.500. The van der Waals surface area contributed by atoms with Crippen LogP contribution in [0.15, 0.2) is 24.3 Å². The number of carbonyl (C=O) groups is 2. The highest BCUT2D eigenvalue weighted by atomic mass is 16.5. The highest BCUT2D eigenvalue weighted by molar-refractivity contribution is 5.89. The summed E-state index contributed by atoms with van der Waals surface area (Å²) in [6.45, 7) is 1.74. The van der Waals surface area contributed by atoms with Gasteiger partial charge in [-0.05, 0) is 31.2 Å². The van der Waals surface area contributed by atoms with Crippen molar-refractivity contribution < 1.29 is 19.4 Å². The third-order valence-electron chi connectivity index (χ3n) is 3.96. The van der Waals surface area contributed by atoms with E-state index in [1.165, 1.54) is 7.11 Å². The summed E-state index contributed by atoms with van der Waals surface area (Å²) in [4.78, 5) is 25.6. The normalized spacial score (nSPS) is 22.1. The molecule has 0 spiro atoms. The lowest BCUT2D eigenvalue weighted by Crippen LogP contribution is -2.48. The Balaban J connectivity index is 1.89. The predicted octanol–water partition coefficient (Wildman–Crippen LogP) is 0.402. The molecule has 1 amide bonds. The zero-order valence-electron chi connectivity index (χ0n) is 12.9. The predicted molar refractivity (Wildman–Crippen MR) is 81.2 cm³/mol. The summed E-state index contributed by atoms with van der Waals surface area (Å²) in [5, 5.41) is 12.8. The van der Waals surface area contributed by atoms with Crippen LogP contribution < -0.4 is 5.32 Å². The van der Waals surface area contributed by atoms with Crippen LogP contribution in [0, 0.1) is 5.92 Å². The van der Waals surface area contributed by atoms with Crippen LogP contribution in [-0.4, -0.2) is 55.2 Å². The molecule has 1 aliphatic rings. The van der Waals surface area contributed by atoms with E-state index in [2.05, 4.69) is 10.1 Å². The number of nitrogens with one attached hydrogen (secondary N) is 1. The minimum absolute atomic E-state index is 0.143. The van der Waals surface area contributed by atoms with Crippen LogP contribution in [0.5, 0.6) is 0 Å². The van der Waals surface area contributed by atoms with Crippen molar-refractivity contribution >= 4 is 11.9 Å². The third-order valence-corrected chi connectivity index (χ3v) is 3.96. The summed E-state index contributed by atoms with van der Waals surface area (Å²) in [5.74, 6) is -0.923. The monoisotopic (exact) mass is 306 g/mol. The van der Waals surface area contributed by atoms with Gasteiger partial charge in [-0.2, -0.15) is 0 Å². The third kappa shape index (κ3) is 4.05. The van der Waals surface area contributed by atoms with E-state index < -0.39 is 12.0 Å². The minimum Gasteiger partial charge on any atom is -0.465 e. The number of amides is 1. The first-order chi connectivity index (χ1) is 10.5. The van der Waals surface area contributed by atoms with Crippen molar-refractivity contribution in [1.29, 1.82) is 0 Å². The SMILES string of the molecule is COC(=O)c1ccc(CNC(=O)[C@@H]2CN(C)CC[C@H]2O)cc1. The van der Waals surface area contributed by atoms with Crippen molar-refractivity contribution in [3.8, 4) is 0 Å². The van der Waals surface area contributed by atoms with E-state index in [1.807, 2.05) is 11.9 Å². The molecular weight excluding hydrogens is 284 g/mol. The van der Waals surface area contributed by atoms with Gasteiger partial charge in [-0.3, -0.25) is 4.79 Å². The Kier molecular flexibility index (Phi) is 5.51. The molecule has 6 heteroatoms. The Morgan fingerprint density at radius 2 is 2.05 bits per heavy atom. The second-order valence-electron chi connectivity index (χ2n) is 5.63. The summed E-state index contributed by atoms with van der Waals surface area (Å²) in [7, 11) is 3.28. The molecule has 6 nitrogen and oxygen atoms in total. The number of piperidine rings is 1. The maximum Gasteiger partial charge on any atom is 0.337 e. The molecule has 120 valence electrons. The molecule has 0 bridgehead atoms. The van der Waals surface area contributed by atoms with E-state index in [9.17, 15) is 14.7 Å². The quantitative estimate of drug-likeness (QED) is 0.787. The Morgan fingerprint density at radius 1 is 1.36 bits per heavy atom. The molecule has 22 heavy (non-hydrogen) atoms. The fourth-order valence-corrected chi connectivity index (χ4v) is 2.56. The highest BCUT2D eigenvalue weighted by Gasteiger charge is 2.31. The van der Waals surface area contributed by atoms with Crippen molar-refractivity contribution in [3.05, 3.63) is 35.4 Å². The van der Waals surface area contributed by atoms with Crippen LogP contribution in [0.3, 0.4) is 0 Å². The molecule has 0 radical (unpaired) electrons. The van der Waals surface area contributed by atoms with E-state index in [1.54, 1.807) is 24.3 Å². The molecule has 0 aromatic heterocycles. The lowest BCUT2D eigenvalue weighted by atomic mass is 9.94. The van der Waals surface area contributed by atoms with Gasteiger partial charge >= 0.3 is 5.97 Å². The van der Waals surface area contributed by atoms with Gasteiger partial charge in [0, 0.05) is 19.6 Å². The van der Waals surface area contributed by atoms with Gasteiger partial charge in [-0.25, -0.2) is 4.79 Å². The number of carbonyl (C=O) groups excluding carboxylic acids is 2. The highest BCUT2D eigenvalue weighted by Crippen LogP contribution is 2.16.